The third kappa shape index (κ3) is 3.69. The zero-order valence-corrected chi connectivity index (χ0v) is 18.5. The first-order chi connectivity index (χ1) is 15.6. The highest BCUT2D eigenvalue weighted by Crippen LogP contribution is 2.32. The van der Waals surface area contributed by atoms with Crippen LogP contribution in [0, 0.1) is 0 Å². The van der Waals surface area contributed by atoms with Gasteiger partial charge in [-0.05, 0) is 44.6 Å². The lowest BCUT2D eigenvalue weighted by Crippen LogP contribution is -2.44. The molecule has 0 bridgehead atoms. The van der Waals surface area contributed by atoms with Crippen LogP contribution in [0.1, 0.15) is 28.8 Å². The summed E-state index contributed by atoms with van der Waals surface area (Å²) >= 11 is 0. The Hall–Kier alpha value is -3.45. The van der Waals surface area contributed by atoms with Crippen molar-refractivity contribution in [3.05, 3.63) is 72.2 Å². The lowest BCUT2D eigenvalue weighted by atomic mass is 10.0. The van der Waals surface area contributed by atoms with E-state index in [0.717, 1.165) is 48.0 Å². The monoisotopic (exact) mass is 428 g/mol. The number of rotatable bonds is 5. The molecule has 1 N–H and O–H groups in total. The van der Waals surface area contributed by atoms with Crippen molar-refractivity contribution in [2.45, 2.75) is 25.4 Å². The maximum Gasteiger partial charge on any atom is 0.256 e. The third-order valence-corrected chi connectivity index (χ3v) is 6.42. The van der Waals surface area contributed by atoms with E-state index in [1.165, 1.54) is 0 Å². The molecule has 4 heterocycles. The molecule has 164 valence electrons. The summed E-state index contributed by atoms with van der Waals surface area (Å²) in [7, 11) is 4.22. The van der Waals surface area contributed by atoms with E-state index in [2.05, 4.69) is 46.4 Å². The molecule has 0 unspecified atom stereocenters. The second-order valence-electron chi connectivity index (χ2n) is 8.58. The molecule has 1 amide bonds. The van der Waals surface area contributed by atoms with Crippen LogP contribution < -0.4 is 5.32 Å². The second-order valence-corrected chi connectivity index (χ2v) is 8.58. The number of hydrogen-bond acceptors (Lipinski definition) is 5. The number of carbonyl (C=O) groups is 1. The molecule has 0 aliphatic carbocycles. The van der Waals surface area contributed by atoms with Gasteiger partial charge in [-0.25, -0.2) is 9.97 Å². The predicted molar refractivity (Wildman–Crippen MR) is 127 cm³/mol. The number of carbonyl (C=O) groups excluding carboxylic acids is 1. The quantitative estimate of drug-likeness (QED) is 0.526. The van der Waals surface area contributed by atoms with Crippen molar-refractivity contribution < 1.29 is 4.79 Å². The number of likely N-dealkylation sites (tertiary alicyclic amines) is 1. The van der Waals surface area contributed by atoms with E-state index in [9.17, 15) is 4.79 Å². The molecule has 5 rings (SSSR count). The fraction of sp³-hybridized carbons (Fsp3) is 0.320. The minimum atomic E-state index is 0.0541. The van der Waals surface area contributed by atoms with Crippen molar-refractivity contribution >= 4 is 28.3 Å². The van der Waals surface area contributed by atoms with E-state index in [4.69, 9.17) is 0 Å². The van der Waals surface area contributed by atoms with Gasteiger partial charge in [0.05, 0.1) is 16.5 Å². The van der Waals surface area contributed by atoms with Gasteiger partial charge in [0.2, 0.25) is 0 Å². The Morgan fingerprint density at radius 2 is 1.81 bits per heavy atom. The van der Waals surface area contributed by atoms with Crippen molar-refractivity contribution in [1.29, 1.82) is 0 Å². The Kier molecular flexibility index (Phi) is 5.49. The summed E-state index contributed by atoms with van der Waals surface area (Å²) in [6.07, 6.45) is 5.49. The number of aromatic nitrogens is 3. The van der Waals surface area contributed by atoms with Gasteiger partial charge >= 0.3 is 0 Å². The average molecular weight is 429 g/mol. The van der Waals surface area contributed by atoms with E-state index >= 15 is 0 Å². The molecular formula is C25H28N6O. The number of benzene rings is 1. The summed E-state index contributed by atoms with van der Waals surface area (Å²) in [4.78, 5) is 27.1. The highest BCUT2D eigenvalue weighted by atomic mass is 16.2. The summed E-state index contributed by atoms with van der Waals surface area (Å²) in [5.41, 5.74) is 3.45. The van der Waals surface area contributed by atoms with Crippen LogP contribution in [0.5, 0.6) is 0 Å². The van der Waals surface area contributed by atoms with Crippen LogP contribution in [-0.2, 0) is 6.54 Å². The average Bonchev–Trinajstić information content (AvgIpc) is 3.18. The van der Waals surface area contributed by atoms with Gasteiger partial charge in [0.25, 0.3) is 5.91 Å². The zero-order valence-electron chi connectivity index (χ0n) is 18.5. The molecule has 4 aromatic rings. The van der Waals surface area contributed by atoms with Gasteiger partial charge in [-0.2, -0.15) is 0 Å². The van der Waals surface area contributed by atoms with E-state index in [0.29, 0.717) is 24.0 Å². The van der Waals surface area contributed by atoms with Gasteiger partial charge in [0.1, 0.15) is 12.1 Å². The molecule has 7 heteroatoms. The van der Waals surface area contributed by atoms with Gasteiger partial charge in [-0.15, -0.1) is 0 Å². The number of nitrogens with one attached hydrogen (secondary N) is 1. The zero-order chi connectivity index (χ0) is 22.1. The number of anilines is 1. The molecular weight excluding hydrogens is 400 g/mol. The van der Waals surface area contributed by atoms with E-state index in [1.54, 1.807) is 6.33 Å². The highest BCUT2D eigenvalue weighted by molar-refractivity contribution is 6.16. The first-order valence-corrected chi connectivity index (χ1v) is 11.1. The molecule has 0 atom stereocenters. The fourth-order valence-corrected chi connectivity index (χ4v) is 4.62. The first kappa shape index (κ1) is 20.5. The van der Waals surface area contributed by atoms with Crippen LogP contribution in [0.3, 0.4) is 0 Å². The van der Waals surface area contributed by atoms with Crippen LogP contribution in [0.15, 0.2) is 61.1 Å². The van der Waals surface area contributed by atoms with Crippen LogP contribution in [0.4, 0.5) is 5.82 Å². The number of hydrogen-bond donors (Lipinski definition) is 1. The molecule has 1 fully saturated rings. The van der Waals surface area contributed by atoms with Crippen LogP contribution >= 0.6 is 0 Å². The number of piperidine rings is 1. The van der Waals surface area contributed by atoms with Crippen molar-refractivity contribution in [1.82, 2.24) is 24.2 Å². The molecule has 0 spiro atoms. The Balaban J connectivity index is 1.55. The number of nitrogens with zero attached hydrogens (tertiary/aromatic N) is 5. The van der Waals surface area contributed by atoms with Crippen LogP contribution in [0.25, 0.3) is 16.6 Å². The highest BCUT2D eigenvalue weighted by Gasteiger charge is 2.29. The molecule has 0 saturated carbocycles. The minimum absolute atomic E-state index is 0.0541. The van der Waals surface area contributed by atoms with Crippen LogP contribution in [-0.4, -0.2) is 63.3 Å². The third-order valence-electron chi connectivity index (χ3n) is 6.42. The minimum Gasteiger partial charge on any atom is -0.365 e. The molecule has 7 nitrogen and oxygen atoms in total. The van der Waals surface area contributed by atoms with E-state index < -0.39 is 0 Å². The van der Waals surface area contributed by atoms with Gasteiger partial charge in [0, 0.05) is 31.9 Å². The summed E-state index contributed by atoms with van der Waals surface area (Å²) in [6.45, 7) is 2.14. The SMILES string of the molecule is CN(C)C1CCN(C(=O)c2c3c(NCc4ccccc4)ncnc3n3ccccc23)CC1. The van der Waals surface area contributed by atoms with Gasteiger partial charge in [-0.1, -0.05) is 36.4 Å². The summed E-state index contributed by atoms with van der Waals surface area (Å²) in [5.74, 6) is 0.743. The van der Waals surface area contributed by atoms with Gasteiger partial charge in [-0.3, -0.25) is 4.79 Å². The normalized spacial score (nSPS) is 15.0. The molecule has 3 aromatic heterocycles. The van der Waals surface area contributed by atoms with E-state index in [1.807, 2.05) is 51.9 Å². The number of fused-ring (bicyclic) bond motifs is 3. The molecule has 1 aromatic carbocycles. The van der Waals surface area contributed by atoms with Crippen molar-refractivity contribution in [3.63, 3.8) is 0 Å². The summed E-state index contributed by atoms with van der Waals surface area (Å²) in [5, 5.41) is 4.23. The standard InChI is InChI=1S/C25H28N6O/c1-29(2)19-11-14-30(15-12-19)25(32)21-20-10-6-7-13-31(20)24-22(21)23(27-17-28-24)26-16-18-8-4-3-5-9-18/h3-10,13,17,19H,11-12,14-16H2,1-2H3,(H,26,27,28). The van der Waals surface area contributed by atoms with E-state index in [-0.39, 0.29) is 5.91 Å². The van der Waals surface area contributed by atoms with Crippen molar-refractivity contribution in [2.75, 3.05) is 32.5 Å². The molecule has 32 heavy (non-hydrogen) atoms. The first-order valence-electron chi connectivity index (χ1n) is 11.1. The second kappa shape index (κ2) is 8.59. The molecule has 1 saturated heterocycles. The Bertz CT molecular complexity index is 1240. The smallest absolute Gasteiger partial charge is 0.256 e. The topological polar surface area (TPSA) is 65.8 Å². The Morgan fingerprint density at radius 3 is 2.56 bits per heavy atom. The Morgan fingerprint density at radius 1 is 1.06 bits per heavy atom. The van der Waals surface area contributed by atoms with Crippen LogP contribution in [0.2, 0.25) is 0 Å². The molecule has 1 aliphatic rings. The van der Waals surface area contributed by atoms with Gasteiger partial charge < -0.3 is 19.5 Å². The van der Waals surface area contributed by atoms with Crippen molar-refractivity contribution in [3.8, 4) is 0 Å². The van der Waals surface area contributed by atoms with Crippen molar-refractivity contribution in [2.24, 2.45) is 0 Å². The number of pyridine rings is 1. The molecule has 0 radical (unpaired) electrons. The maximum atomic E-state index is 13.8. The largest absolute Gasteiger partial charge is 0.365 e. The maximum absolute atomic E-state index is 13.8. The molecule has 1 aliphatic heterocycles. The summed E-state index contributed by atoms with van der Waals surface area (Å²) in [6, 6.07) is 16.6. The predicted octanol–water partition coefficient (Wildman–Crippen LogP) is 3.66. The lowest BCUT2D eigenvalue weighted by Gasteiger charge is -2.35. The summed E-state index contributed by atoms with van der Waals surface area (Å²) < 4.78 is 1.99. The number of amides is 1. The van der Waals surface area contributed by atoms with Gasteiger partial charge in [0.15, 0.2) is 5.65 Å². The lowest BCUT2D eigenvalue weighted by molar-refractivity contribution is 0.0667. The Labute approximate surface area is 187 Å². The fourth-order valence-electron chi connectivity index (χ4n) is 4.62.